The highest BCUT2D eigenvalue weighted by Gasteiger charge is 2.61. The highest BCUT2D eigenvalue weighted by Crippen LogP contribution is 2.38. The van der Waals surface area contributed by atoms with Crippen LogP contribution in [0.4, 0.5) is 78.4 Å². The van der Waals surface area contributed by atoms with Crippen LogP contribution in [0.2, 0.25) is 0 Å². The van der Waals surface area contributed by atoms with E-state index in [4.69, 9.17) is 4.74 Å². The number of nitrogens with zero attached hydrogens (tertiary/aromatic N) is 6. The van der Waals surface area contributed by atoms with E-state index in [0.717, 1.165) is 96.8 Å². The minimum Gasteiger partial charge on any atom is -0.444 e. The van der Waals surface area contributed by atoms with Crippen LogP contribution in [0, 0.1) is 0 Å². The Labute approximate surface area is 438 Å². The molecule has 0 unspecified atom stereocenters. The summed E-state index contributed by atoms with van der Waals surface area (Å²) in [5.74, 6) is 0. The number of alkyl halides is 12. The summed E-state index contributed by atoms with van der Waals surface area (Å²) in [5, 5.41) is 0. The zero-order chi connectivity index (χ0) is 53.8. The van der Waals surface area contributed by atoms with Crippen LogP contribution in [-0.2, 0) is 27.3 Å². The van der Waals surface area contributed by atoms with E-state index >= 15 is 0 Å². The van der Waals surface area contributed by atoms with Gasteiger partial charge < -0.3 is 33.8 Å². The van der Waals surface area contributed by atoms with Crippen molar-refractivity contribution in [2.45, 2.75) is 122 Å². The molecule has 12 nitrogen and oxygen atoms in total. The molecule has 2 aromatic carbocycles. The van der Waals surface area contributed by atoms with Gasteiger partial charge in [0.2, 0.25) is 0 Å². The SMILES string of the molecule is C.CC(C)(C)OC(=O)N1CCN(Cc2ccc(Br)cc2N2CCCCC2)CC1.O=C(Cl)OC(C(F)(F)F)C(F)(F)F.O=C(OC(C(F)(F)F)C(F)(F)F)N1CCN(Cc2ccc(Br)cc2N2CCCCC2)CC1. The van der Waals surface area contributed by atoms with Gasteiger partial charge in [-0.1, -0.05) is 51.4 Å². The second-order valence-corrected chi connectivity index (χ2v) is 20.5. The van der Waals surface area contributed by atoms with Gasteiger partial charge in [-0.25, -0.2) is 14.4 Å². The van der Waals surface area contributed by atoms with Gasteiger partial charge in [0, 0.05) is 124 Å². The van der Waals surface area contributed by atoms with Crippen molar-refractivity contribution in [3.63, 3.8) is 0 Å². The Kier molecular flexibility index (Phi) is 23.9. The summed E-state index contributed by atoms with van der Waals surface area (Å²) in [4.78, 5) is 45.9. The standard InChI is InChI=1S/C21H32BrN3O2.C20H24BrF6N3O2.C4HClF6O2.CH4/c1-21(2,3)27-20(26)25-13-11-23(12-14-25)16-17-7-8-18(22)15-19(17)24-9-5-4-6-10-24;21-15-5-4-14(16(12-15)29-6-2-1-3-7-29)13-28-8-10-30(11-9-28)18(31)32-17(19(22,23)24)20(25,26)27;5-2(12)13-1(3(6,7)8)4(9,10)11;/h7-8,15H,4-6,9-14,16H2,1-3H3;4-5,12,17H,1-3,6-11,13H2;1H;1H4. The number of anilines is 2. The molecule has 0 aromatic heterocycles. The fourth-order valence-electron chi connectivity index (χ4n) is 8.09. The van der Waals surface area contributed by atoms with E-state index in [9.17, 15) is 67.1 Å². The second kappa shape index (κ2) is 27.4. The Morgan fingerprint density at radius 2 is 0.849 bits per heavy atom. The second-order valence-electron chi connectivity index (χ2n) is 18.3. The first-order chi connectivity index (χ1) is 33.3. The van der Waals surface area contributed by atoms with Crippen molar-refractivity contribution in [3.05, 3.63) is 56.5 Å². The molecule has 0 radical (unpaired) electrons. The summed E-state index contributed by atoms with van der Waals surface area (Å²) < 4.78 is 159. The lowest BCUT2D eigenvalue weighted by atomic mass is 10.1. The summed E-state index contributed by atoms with van der Waals surface area (Å²) in [6.07, 6.45) is -25.7. The maximum Gasteiger partial charge on any atom is 0.434 e. The third-order valence-electron chi connectivity index (χ3n) is 11.5. The third-order valence-corrected chi connectivity index (χ3v) is 12.6. The van der Waals surface area contributed by atoms with Gasteiger partial charge in [0.05, 0.1) is 0 Å². The summed E-state index contributed by atoms with van der Waals surface area (Å²) in [6, 6.07) is 12.6. The molecule has 73 heavy (non-hydrogen) atoms. The largest absolute Gasteiger partial charge is 0.444 e. The maximum atomic E-state index is 12.6. The Morgan fingerprint density at radius 1 is 0.521 bits per heavy atom. The van der Waals surface area contributed by atoms with Crippen LogP contribution in [0.1, 0.15) is 77.8 Å². The molecule has 0 bridgehead atoms. The number of benzene rings is 2. The van der Waals surface area contributed by atoms with Gasteiger partial charge in [-0.3, -0.25) is 9.80 Å². The van der Waals surface area contributed by atoms with Crippen molar-refractivity contribution in [3.8, 4) is 0 Å². The van der Waals surface area contributed by atoms with Crippen LogP contribution in [-0.4, -0.2) is 158 Å². The first kappa shape index (κ1) is 63.7. The molecule has 6 rings (SSSR count). The van der Waals surface area contributed by atoms with Crippen LogP contribution >= 0.6 is 43.5 Å². The van der Waals surface area contributed by atoms with Crippen LogP contribution < -0.4 is 9.80 Å². The molecule has 0 atom stereocenters. The van der Waals surface area contributed by atoms with Crippen molar-refractivity contribution in [1.82, 2.24) is 19.6 Å². The van der Waals surface area contributed by atoms with Crippen molar-refractivity contribution in [1.29, 1.82) is 0 Å². The van der Waals surface area contributed by atoms with Gasteiger partial charge >= 0.3 is 42.3 Å². The number of amides is 2. The average molecular weight is 1220 g/mol. The van der Waals surface area contributed by atoms with E-state index in [1.165, 1.54) is 36.9 Å². The number of carbonyl (C=O) groups is 3. The van der Waals surface area contributed by atoms with Gasteiger partial charge in [0.15, 0.2) is 0 Å². The van der Waals surface area contributed by atoms with Gasteiger partial charge in [-0.05, 0) is 94.7 Å². The first-order valence-electron chi connectivity index (χ1n) is 22.9. The highest BCUT2D eigenvalue weighted by molar-refractivity contribution is 9.10. The lowest BCUT2D eigenvalue weighted by Crippen LogP contribution is -2.52. The van der Waals surface area contributed by atoms with Crippen LogP contribution in [0.3, 0.4) is 0 Å². The Bertz CT molecular complexity index is 2040. The molecule has 4 saturated heterocycles. The summed E-state index contributed by atoms with van der Waals surface area (Å²) in [5.41, 5.74) is 2.33. The molecular formula is C46H61Br2ClF12N6O6. The molecule has 0 aliphatic carbocycles. The van der Waals surface area contributed by atoms with Crippen LogP contribution in [0.15, 0.2) is 45.3 Å². The van der Waals surface area contributed by atoms with Crippen molar-refractivity contribution in [2.75, 3.05) is 88.3 Å². The Balaban J connectivity index is 0.000000311. The molecule has 4 heterocycles. The van der Waals surface area contributed by atoms with Crippen molar-refractivity contribution < 1.29 is 81.3 Å². The quantitative estimate of drug-likeness (QED) is 0.144. The molecule has 2 amide bonds. The Hall–Kier alpha value is -3.62. The summed E-state index contributed by atoms with van der Waals surface area (Å²) >= 11 is 11.4. The number of hydrogen-bond donors (Lipinski definition) is 0. The molecule has 4 aliphatic heterocycles. The summed E-state index contributed by atoms with van der Waals surface area (Å²) in [7, 11) is 0. The van der Waals surface area contributed by atoms with Crippen molar-refractivity contribution >= 4 is 72.5 Å². The lowest BCUT2D eigenvalue weighted by molar-refractivity contribution is -0.308. The van der Waals surface area contributed by atoms with Crippen molar-refractivity contribution in [2.24, 2.45) is 0 Å². The maximum absolute atomic E-state index is 12.6. The topological polar surface area (TPSA) is 98.3 Å². The number of ether oxygens (including phenoxy) is 3. The third kappa shape index (κ3) is 21.1. The number of carbonyl (C=O) groups excluding carboxylic acids is 3. The van der Waals surface area contributed by atoms with E-state index in [1.807, 2.05) is 42.7 Å². The molecule has 27 heteroatoms. The monoisotopic (exact) mass is 1210 g/mol. The average Bonchev–Trinajstić information content (AvgIpc) is 3.28. The molecule has 0 saturated carbocycles. The molecule has 0 spiro atoms. The van der Waals surface area contributed by atoms with E-state index in [2.05, 4.69) is 91.9 Å². The molecule has 4 aliphatic rings. The zero-order valence-electron chi connectivity index (χ0n) is 39.6. The van der Waals surface area contributed by atoms with Gasteiger partial charge in [-0.2, -0.15) is 52.7 Å². The van der Waals surface area contributed by atoms with Gasteiger partial charge in [0.1, 0.15) is 5.60 Å². The molecule has 4 fully saturated rings. The molecule has 2 aromatic rings. The van der Waals surface area contributed by atoms with E-state index in [1.54, 1.807) is 0 Å². The van der Waals surface area contributed by atoms with Crippen LogP contribution in [0.5, 0.6) is 0 Å². The molecule has 416 valence electrons. The number of piperidine rings is 2. The predicted octanol–water partition coefficient (Wildman–Crippen LogP) is 13.2. The number of hydrogen-bond acceptors (Lipinski definition) is 10. The highest BCUT2D eigenvalue weighted by atomic mass is 79.9. The normalized spacial score (nSPS) is 17.8. The molecule has 0 N–H and O–H groups in total. The fraction of sp³-hybridized carbons (Fsp3) is 0.674. The number of halogens is 15. The molecular weight excluding hydrogens is 1160 g/mol. The first-order valence-corrected chi connectivity index (χ1v) is 24.9. The minimum atomic E-state index is -5.72. The van der Waals surface area contributed by atoms with E-state index < -0.39 is 54.0 Å². The number of piperazine rings is 2. The van der Waals surface area contributed by atoms with Crippen LogP contribution in [0.25, 0.3) is 0 Å². The van der Waals surface area contributed by atoms with Gasteiger partial charge in [-0.15, -0.1) is 0 Å². The zero-order valence-corrected chi connectivity index (χ0v) is 43.5. The smallest absolute Gasteiger partial charge is 0.434 e. The van der Waals surface area contributed by atoms with Gasteiger partial charge in [0.25, 0.3) is 12.2 Å². The lowest BCUT2D eigenvalue weighted by Gasteiger charge is -2.37. The van der Waals surface area contributed by atoms with E-state index in [-0.39, 0.29) is 26.6 Å². The predicted molar refractivity (Wildman–Crippen MR) is 258 cm³/mol. The Morgan fingerprint density at radius 3 is 1.15 bits per heavy atom. The summed E-state index contributed by atoms with van der Waals surface area (Å²) in [6.45, 7) is 15.3. The number of rotatable bonds is 8. The van der Waals surface area contributed by atoms with E-state index in [0.29, 0.717) is 19.6 Å². The minimum absolute atomic E-state index is 0. The fourth-order valence-corrected chi connectivity index (χ4v) is 8.88.